The minimum atomic E-state index is -0.713. The van der Waals surface area contributed by atoms with E-state index in [1.54, 1.807) is 18.2 Å². The summed E-state index contributed by atoms with van der Waals surface area (Å²) in [5, 5.41) is 2.81. The number of Topliss-reactive ketones (excluding diaryl/α,β-unsaturated/α-hetero) is 1. The van der Waals surface area contributed by atoms with Crippen LogP contribution in [0.15, 0.2) is 40.7 Å². The fraction of sp³-hybridized carbons (Fsp3) is 0.409. The van der Waals surface area contributed by atoms with Gasteiger partial charge in [0.1, 0.15) is 5.70 Å². The van der Waals surface area contributed by atoms with Crippen LogP contribution in [-0.2, 0) is 19.1 Å². The highest BCUT2D eigenvalue weighted by Gasteiger charge is 2.46. The van der Waals surface area contributed by atoms with Gasteiger partial charge in [-0.2, -0.15) is 0 Å². The van der Waals surface area contributed by atoms with E-state index in [4.69, 9.17) is 14.2 Å². The van der Waals surface area contributed by atoms with Crippen molar-refractivity contribution in [3.8, 4) is 11.5 Å². The Balaban J connectivity index is 2.00. The normalized spacial score (nSPS) is 21.0. The number of ketones is 1. The van der Waals surface area contributed by atoms with Crippen LogP contribution < -0.4 is 14.8 Å². The lowest BCUT2D eigenvalue weighted by atomic mass is 9.74. The van der Waals surface area contributed by atoms with Crippen molar-refractivity contribution < 1.29 is 28.6 Å². The first-order valence-electron chi connectivity index (χ1n) is 9.88. The van der Waals surface area contributed by atoms with Gasteiger partial charge in [-0.3, -0.25) is 9.59 Å². The number of piperazine rings is 1. The van der Waals surface area contributed by atoms with E-state index in [2.05, 4.69) is 5.32 Å². The van der Waals surface area contributed by atoms with Crippen LogP contribution in [0.3, 0.4) is 0 Å². The molecule has 8 nitrogen and oxygen atoms in total. The molecule has 3 aliphatic rings. The van der Waals surface area contributed by atoms with Crippen molar-refractivity contribution in [3.05, 3.63) is 46.3 Å². The quantitative estimate of drug-likeness (QED) is 0.752. The first-order valence-corrected chi connectivity index (χ1v) is 9.88. The zero-order valence-electron chi connectivity index (χ0n) is 17.2. The molecule has 30 heavy (non-hydrogen) atoms. The second-order valence-electron chi connectivity index (χ2n) is 7.35. The molecule has 0 unspecified atom stereocenters. The van der Waals surface area contributed by atoms with E-state index in [1.807, 2.05) is 4.90 Å². The molecule has 4 rings (SSSR count). The predicted octanol–water partition coefficient (Wildman–Crippen LogP) is 1.67. The highest BCUT2D eigenvalue weighted by Crippen LogP contribution is 2.48. The molecular formula is C22H24N2O6. The Kier molecular flexibility index (Phi) is 5.24. The van der Waals surface area contributed by atoms with Crippen molar-refractivity contribution in [3.63, 3.8) is 0 Å². The fourth-order valence-electron chi connectivity index (χ4n) is 4.56. The molecule has 8 heteroatoms. The SMILES string of the molecule is COC(=O)C1=C2C(=O)NCCN2C2=C(C(=O)CCC2)[C@@H]1c1ccc(OC)c(OC)c1. The molecule has 0 bridgehead atoms. The summed E-state index contributed by atoms with van der Waals surface area (Å²) >= 11 is 0. The van der Waals surface area contributed by atoms with Crippen LogP contribution >= 0.6 is 0 Å². The Labute approximate surface area is 174 Å². The summed E-state index contributed by atoms with van der Waals surface area (Å²) in [6.45, 7) is 0.953. The topological polar surface area (TPSA) is 94.2 Å². The third kappa shape index (κ3) is 3.03. The van der Waals surface area contributed by atoms with Crippen LogP contribution in [0.5, 0.6) is 11.5 Å². The van der Waals surface area contributed by atoms with E-state index in [-0.39, 0.29) is 23.0 Å². The number of ether oxygens (including phenoxy) is 3. The molecule has 1 atom stereocenters. The Morgan fingerprint density at radius 1 is 1.10 bits per heavy atom. The van der Waals surface area contributed by atoms with Crippen LogP contribution in [0, 0.1) is 0 Å². The second-order valence-corrected chi connectivity index (χ2v) is 7.35. The number of fused-ring (bicyclic) bond motifs is 2. The number of carbonyl (C=O) groups is 3. The molecule has 1 fully saturated rings. The van der Waals surface area contributed by atoms with E-state index in [0.717, 1.165) is 12.1 Å². The van der Waals surface area contributed by atoms with Gasteiger partial charge >= 0.3 is 5.97 Å². The van der Waals surface area contributed by atoms with Gasteiger partial charge in [0.05, 0.1) is 26.9 Å². The number of nitrogens with one attached hydrogen (secondary N) is 1. The summed E-state index contributed by atoms with van der Waals surface area (Å²) in [7, 11) is 4.34. The van der Waals surface area contributed by atoms with Gasteiger partial charge in [0, 0.05) is 36.7 Å². The Morgan fingerprint density at radius 3 is 2.57 bits per heavy atom. The van der Waals surface area contributed by atoms with E-state index >= 15 is 0 Å². The van der Waals surface area contributed by atoms with E-state index < -0.39 is 11.9 Å². The Bertz CT molecular complexity index is 993. The first kappa shape index (κ1) is 20.0. The molecule has 2 heterocycles. The smallest absolute Gasteiger partial charge is 0.337 e. The van der Waals surface area contributed by atoms with Crippen LogP contribution in [0.4, 0.5) is 0 Å². The highest BCUT2D eigenvalue weighted by atomic mass is 16.5. The largest absolute Gasteiger partial charge is 0.493 e. The van der Waals surface area contributed by atoms with Crippen molar-refractivity contribution in [2.45, 2.75) is 25.2 Å². The van der Waals surface area contributed by atoms with Crippen molar-refractivity contribution in [1.82, 2.24) is 10.2 Å². The number of esters is 1. The lowest BCUT2D eigenvalue weighted by Crippen LogP contribution is -2.50. The Hall–Kier alpha value is -3.29. The van der Waals surface area contributed by atoms with Gasteiger partial charge in [0.15, 0.2) is 17.3 Å². The minimum absolute atomic E-state index is 0.0116. The number of methoxy groups -OCH3 is 3. The summed E-state index contributed by atoms with van der Waals surface area (Å²) in [6.07, 6.45) is 1.80. The number of rotatable bonds is 4. The third-order valence-corrected chi connectivity index (χ3v) is 5.84. The van der Waals surface area contributed by atoms with E-state index in [0.29, 0.717) is 48.6 Å². The lowest BCUT2D eigenvalue weighted by Gasteiger charge is -2.43. The maximum Gasteiger partial charge on any atom is 0.337 e. The second kappa shape index (κ2) is 7.85. The number of hydrogen-bond donors (Lipinski definition) is 1. The van der Waals surface area contributed by atoms with Crippen molar-refractivity contribution in [2.24, 2.45) is 0 Å². The maximum atomic E-state index is 13.1. The van der Waals surface area contributed by atoms with E-state index in [9.17, 15) is 14.4 Å². The summed E-state index contributed by atoms with van der Waals surface area (Å²) < 4.78 is 15.8. The van der Waals surface area contributed by atoms with Crippen LogP contribution in [0.1, 0.15) is 30.7 Å². The van der Waals surface area contributed by atoms with Gasteiger partial charge in [-0.1, -0.05) is 6.07 Å². The molecule has 158 valence electrons. The van der Waals surface area contributed by atoms with Gasteiger partial charge in [-0.15, -0.1) is 0 Å². The van der Waals surface area contributed by atoms with Crippen LogP contribution in [-0.4, -0.2) is 57.0 Å². The monoisotopic (exact) mass is 412 g/mol. The summed E-state index contributed by atoms with van der Waals surface area (Å²) in [5.41, 5.74) is 2.49. The molecule has 2 aliphatic heterocycles. The van der Waals surface area contributed by atoms with Gasteiger partial charge in [-0.25, -0.2) is 4.79 Å². The molecule has 1 aliphatic carbocycles. The lowest BCUT2D eigenvalue weighted by molar-refractivity contribution is -0.137. The molecular weight excluding hydrogens is 388 g/mol. The van der Waals surface area contributed by atoms with Gasteiger partial charge in [0.25, 0.3) is 5.91 Å². The predicted molar refractivity (Wildman–Crippen MR) is 107 cm³/mol. The van der Waals surface area contributed by atoms with Crippen molar-refractivity contribution in [1.29, 1.82) is 0 Å². The number of nitrogens with zero attached hydrogens (tertiary/aromatic N) is 1. The van der Waals surface area contributed by atoms with E-state index in [1.165, 1.54) is 21.3 Å². The van der Waals surface area contributed by atoms with Gasteiger partial charge in [-0.05, 0) is 30.5 Å². The third-order valence-electron chi connectivity index (χ3n) is 5.84. The Morgan fingerprint density at radius 2 is 1.87 bits per heavy atom. The maximum absolute atomic E-state index is 13.1. The first-order chi connectivity index (χ1) is 14.5. The summed E-state index contributed by atoms with van der Waals surface area (Å²) in [4.78, 5) is 40.7. The molecule has 1 aromatic rings. The molecule has 0 saturated carbocycles. The highest BCUT2D eigenvalue weighted by molar-refractivity contribution is 6.09. The zero-order valence-corrected chi connectivity index (χ0v) is 17.2. The molecule has 0 spiro atoms. The molecule has 1 N–H and O–H groups in total. The summed E-state index contributed by atoms with van der Waals surface area (Å²) in [6, 6.07) is 5.27. The number of carbonyl (C=O) groups excluding carboxylic acids is 3. The number of benzene rings is 1. The number of allylic oxidation sites excluding steroid dienone is 2. The average Bonchev–Trinajstić information content (AvgIpc) is 2.77. The molecule has 0 radical (unpaired) electrons. The number of hydrogen-bond acceptors (Lipinski definition) is 7. The molecule has 1 aromatic carbocycles. The van der Waals surface area contributed by atoms with Crippen molar-refractivity contribution in [2.75, 3.05) is 34.4 Å². The summed E-state index contributed by atoms with van der Waals surface area (Å²) in [5.74, 6) is -0.679. The van der Waals surface area contributed by atoms with Crippen LogP contribution in [0.2, 0.25) is 0 Å². The molecule has 0 aromatic heterocycles. The zero-order chi connectivity index (χ0) is 21.4. The van der Waals surface area contributed by atoms with Crippen LogP contribution in [0.25, 0.3) is 0 Å². The van der Waals surface area contributed by atoms with Gasteiger partial charge in [0.2, 0.25) is 0 Å². The van der Waals surface area contributed by atoms with Gasteiger partial charge < -0.3 is 24.4 Å². The minimum Gasteiger partial charge on any atom is -0.493 e. The molecule has 1 saturated heterocycles. The van der Waals surface area contributed by atoms with Crippen molar-refractivity contribution >= 4 is 17.7 Å². The standard InChI is InChI=1S/C22H24N2O6/c1-28-15-8-7-12(11-16(15)29-2)17-18-13(5-4-6-14(18)25)24-10-9-23-21(26)20(24)19(17)22(27)30-3/h7-8,11,17H,4-6,9-10H2,1-3H3,(H,23,26)/t17-/m0/s1. The average molecular weight is 412 g/mol. The fourth-order valence-corrected chi connectivity index (χ4v) is 4.56. The molecule has 1 amide bonds. The number of amides is 1.